The molecule has 1 aromatic rings. The summed E-state index contributed by atoms with van der Waals surface area (Å²) in [6.07, 6.45) is 6.87. The predicted octanol–water partition coefficient (Wildman–Crippen LogP) is 4.62. The van der Waals surface area contributed by atoms with Gasteiger partial charge >= 0.3 is 0 Å². The van der Waals surface area contributed by atoms with Crippen LogP contribution >= 0.6 is 11.3 Å². The maximum absolute atomic E-state index is 3.77. The molecule has 1 heterocycles. The van der Waals surface area contributed by atoms with E-state index in [2.05, 4.69) is 36.7 Å². The Morgan fingerprint density at radius 1 is 1.41 bits per heavy atom. The fourth-order valence-corrected chi connectivity index (χ4v) is 3.95. The Balaban J connectivity index is 2.00. The zero-order chi connectivity index (χ0) is 12.1. The van der Waals surface area contributed by atoms with E-state index in [4.69, 9.17) is 0 Å². The molecule has 0 aliphatic heterocycles. The van der Waals surface area contributed by atoms with E-state index in [0.717, 1.165) is 18.4 Å². The third kappa shape index (κ3) is 3.32. The van der Waals surface area contributed by atoms with Crippen LogP contribution < -0.4 is 5.32 Å². The molecule has 0 aromatic carbocycles. The Labute approximate surface area is 110 Å². The van der Waals surface area contributed by atoms with Crippen molar-refractivity contribution in [3.63, 3.8) is 0 Å². The topological polar surface area (TPSA) is 12.0 Å². The van der Waals surface area contributed by atoms with Gasteiger partial charge in [0.05, 0.1) is 0 Å². The zero-order valence-corrected chi connectivity index (χ0v) is 11.9. The quantitative estimate of drug-likeness (QED) is 0.778. The van der Waals surface area contributed by atoms with Crippen molar-refractivity contribution in [3.8, 4) is 0 Å². The van der Waals surface area contributed by atoms with Crippen molar-refractivity contribution >= 4 is 11.3 Å². The van der Waals surface area contributed by atoms with Crippen molar-refractivity contribution in [1.82, 2.24) is 5.32 Å². The van der Waals surface area contributed by atoms with Gasteiger partial charge in [-0.15, -0.1) is 11.3 Å². The summed E-state index contributed by atoms with van der Waals surface area (Å²) >= 11 is 1.91. The van der Waals surface area contributed by atoms with Crippen LogP contribution in [-0.2, 0) is 0 Å². The highest BCUT2D eigenvalue weighted by Gasteiger charge is 2.30. The van der Waals surface area contributed by atoms with Crippen LogP contribution in [0, 0.1) is 11.8 Å². The molecule has 0 spiro atoms. The summed E-state index contributed by atoms with van der Waals surface area (Å²) in [4.78, 5) is 1.54. The number of hydrogen-bond donors (Lipinski definition) is 1. The number of nitrogens with one attached hydrogen (secondary N) is 1. The Hall–Kier alpha value is -0.340. The smallest absolute Gasteiger partial charge is 0.0443 e. The highest BCUT2D eigenvalue weighted by atomic mass is 32.1. The standard InChI is InChI=1S/C15H25NS/c1-3-9-16-15(14-6-5-10-17-14)13-8-7-12(4-2)11-13/h5-6,10,12-13,15-16H,3-4,7-9,11H2,1-2H3. The molecule has 3 atom stereocenters. The molecule has 2 heteroatoms. The van der Waals surface area contributed by atoms with Gasteiger partial charge in [-0.05, 0) is 49.1 Å². The molecule has 1 aliphatic carbocycles. The summed E-state index contributed by atoms with van der Waals surface area (Å²) in [5.41, 5.74) is 0. The highest BCUT2D eigenvalue weighted by molar-refractivity contribution is 7.10. The minimum absolute atomic E-state index is 0.617. The van der Waals surface area contributed by atoms with E-state index in [1.54, 1.807) is 4.88 Å². The molecule has 2 rings (SSSR count). The molecule has 1 aromatic heterocycles. The zero-order valence-electron chi connectivity index (χ0n) is 11.1. The van der Waals surface area contributed by atoms with Crippen molar-refractivity contribution in [2.75, 3.05) is 6.54 Å². The van der Waals surface area contributed by atoms with Gasteiger partial charge in [0.2, 0.25) is 0 Å². The molecule has 96 valence electrons. The molecule has 1 aliphatic rings. The monoisotopic (exact) mass is 251 g/mol. The minimum Gasteiger partial charge on any atom is -0.309 e. The Bertz CT molecular complexity index is 307. The van der Waals surface area contributed by atoms with E-state index >= 15 is 0 Å². The lowest BCUT2D eigenvalue weighted by Gasteiger charge is -2.24. The van der Waals surface area contributed by atoms with Gasteiger partial charge in [-0.3, -0.25) is 0 Å². The number of rotatable bonds is 6. The van der Waals surface area contributed by atoms with Gasteiger partial charge in [-0.2, -0.15) is 0 Å². The molecule has 1 N–H and O–H groups in total. The van der Waals surface area contributed by atoms with Crippen LogP contribution in [0.5, 0.6) is 0 Å². The summed E-state index contributed by atoms with van der Waals surface area (Å²) < 4.78 is 0. The molecule has 0 bridgehead atoms. The van der Waals surface area contributed by atoms with Crippen LogP contribution in [0.15, 0.2) is 17.5 Å². The van der Waals surface area contributed by atoms with Crippen molar-refractivity contribution in [1.29, 1.82) is 0 Å². The molecule has 17 heavy (non-hydrogen) atoms. The summed E-state index contributed by atoms with van der Waals surface area (Å²) in [6, 6.07) is 5.11. The van der Waals surface area contributed by atoms with Crippen LogP contribution in [0.25, 0.3) is 0 Å². The average Bonchev–Trinajstić information content (AvgIpc) is 3.00. The SMILES string of the molecule is CCCNC(c1cccs1)C1CCC(CC)C1. The summed E-state index contributed by atoms with van der Waals surface area (Å²) in [5, 5.41) is 5.98. The predicted molar refractivity (Wildman–Crippen MR) is 76.5 cm³/mol. The van der Waals surface area contributed by atoms with Gasteiger partial charge in [-0.1, -0.05) is 32.8 Å². The first kappa shape index (κ1) is 13.1. The van der Waals surface area contributed by atoms with Crippen molar-refractivity contribution < 1.29 is 0 Å². The molecular formula is C15H25NS. The first-order chi connectivity index (χ1) is 8.35. The van der Waals surface area contributed by atoms with Gasteiger partial charge in [0.1, 0.15) is 0 Å². The molecular weight excluding hydrogens is 226 g/mol. The first-order valence-electron chi connectivity index (χ1n) is 7.11. The summed E-state index contributed by atoms with van der Waals surface area (Å²) in [7, 11) is 0. The number of hydrogen-bond acceptors (Lipinski definition) is 2. The van der Waals surface area contributed by atoms with E-state index in [-0.39, 0.29) is 0 Å². The molecule has 0 radical (unpaired) electrons. The second-order valence-electron chi connectivity index (χ2n) is 5.29. The van der Waals surface area contributed by atoms with Crippen LogP contribution in [0.1, 0.15) is 56.9 Å². The number of thiophene rings is 1. The maximum atomic E-state index is 3.77. The molecule has 0 saturated heterocycles. The van der Waals surface area contributed by atoms with Crippen molar-refractivity contribution in [2.24, 2.45) is 11.8 Å². The normalized spacial score (nSPS) is 26.2. The third-order valence-electron chi connectivity index (χ3n) is 4.09. The molecule has 1 saturated carbocycles. The molecule has 3 unspecified atom stereocenters. The van der Waals surface area contributed by atoms with Crippen molar-refractivity contribution in [3.05, 3.63) is 22.4 Å². The van der Waals surface area contributed by atoms with E-state index in [1.807, 2.05) is 11.3 Å². The molecule has 0 amide bonds. The first-order valence-corrected chi connectivity index (χ1v) is 7.99. The average molecular weight is 251 g/mol. The lowest BCUT2D eigenvalue weighted by Crippen LogP contribution is -2.27. The van der Waals surface area contributed by atoms with Crippen LogP contribution in [0.4, 0.5) is 0 Å². The largest absolute Gasteiger partial charge is 0.309 e. The Morgan fingerprint density at radius 3 is 2.88 bits per heavy atom. The van der Waals surface area contributed by atoms with Gasteiger partial charge in [0.15, 0.2) is 0 Å². The lowest BCUT2D eigenvalue weighted by molar-refractivity contribution is 0.358. The van der Waals surface area contributed by atoms with Gasteiger partial charge < -0.3 is 5.32 Å². The molecule has 1 nitrogen and oxygen atoms in total. The van der Waals surface area contributed by atoms with Gasteiger partial charge in [0.25, 0.3) is 0 Å². The minimum atomic E-state index is 0.617. The maximum Gasteiger partial charge on any atom is 0.0443 e. The second kappa shape index (κ2) is 6.55. The van der Waals surface area contributed by atoms with Crippen molar-refractivity contribution in [2.45, 2.75) is 52.0 Å². The van der Waals surface area contributed by atoms with E-state index < -0.39 is 0 Å². The van der Waals surface area contributed by atoms with Crippen LogP contribution in [0.2, 0.25) is 0 Å². The second-order valence-corrected chi connectivity index (χ2v) is 6.27. The van der Waals surface area contributed by atoms with E-state index in [1.165, 1.54) is 32.1 Å². The van der Waals surface area contributed by atoms with Gasteiger partial charge in [-0.25, -0.2) is 0 Å². The van der Waals surface area contributed by atoms with E-state index in [0.29, 0.717) is 6.04 Å². The van der Waals surface area contributed by atoms with Crippen LogP contribution in [0.3, 0.4) is 0 Å². The Morgan fingerprint density at radius 2 is 2.29 bits per heavy atom. The molecule has 1 fully saturated rings. The lowest BCUT2D eigenvalue weighted by atomic mass is 9.94. The van der Waals surface area contributed by atoms with Crippen LogP contribution in [-0.4, -0.2) is 6.54 Å². The third-order valence-corrected chi connectivity index (χ3v) is 5.05. The van der Waals surface area contributed by atoms with E-state index in [9.17, 15) is 0 Å². The van der Waals surface area contributed by atoms with Gasteiger partial charge in [0, 0.05) is 10.9 Å². The fourth-order valence-electron chi connectivity index (χ4n) is 3.05. The summed E-state index contributed by atoms with van der Waals surface area (Å²) in [6.45, 7) is 5.74. The summed E-state index contributed by atoms with van der Waals surface area (Å²) in [5.74, 6) is 1.84. The fraction of sp³-hybridized carbons (Fsp3) is 0.733. The Kier molecular flexibility index (Phi) is 5.05. The highest BCUT2D eigenvalue weighted by Crippen LogP contribution is 2.41.